The number of hydrogen-bond donors (Lipinski definition) is 2. The smallest absolute Gasteiger partial charge is 0.0403 e. The number of nitrogens with one attached hydrogen (secondary N) is 2. The monoisotopic (exact) mass is 264 g/mol. The van der Waals surface area contributed by atoms with Crippen LogP contribution in [0.1, 0.15) is 34.1 Å². The van der Waals surface area contributed by atoms with Crippen molar-refractivity contribution < 1.29 is 0 Å². The molecule has 1 aromatic rings. The molecule has 0 amide bonds. The fourth-order valence-electron chi connectivity index (χ4n) is 2.40. The second kappa shape index (κ2) is 5.54. The Morgan fingerprint density at radius 3 is 2.44 bits per heavy atom. The minimum atomic E-state index is 0.269. The summed E-state index contributed by atoms with van der Waals surface area (Å²) in [6.07, 6.45) is 1.18. The Morgan fingerprint density at radius 1 is 1.28 bits per heavy atom. The van der Waals surface area contributed by atoms with E-state index in [2.05, 4.69) is 62.6 Å². The first-order valence-corrected chi connectivity index (χ1v) is 7.61. The number of benzene rings is 1. The van der Waals surface area contributed by atoms with Crippen LogP contribution in [0.15, 0.2) is 29.2 Å². The Morgan fingerprint density at radius 2 is 1.94 bits per heavy atom. The van der Waals surface area contributed by atoms with Crippen molar-refractivity contribution >= 4 is 17.4 Å². The third kappa shape index (κ3) is 3.92. The van der Waals surface area contributed by atoms with Gasteiger partial charge in [-0.1, -0.05) is 13.8 Å². The molecule has 1 saturated heterocycles. The number of thioether (sulfide) groups is 1. The molecule has 1 unspecified atom stereocenters. The van der Waals surface area contributed by atoms with E-state index in [1.165, 1.54) is 17.0 Å². The van der Waals surface area contributed by atoms with Gasteiger partial charge < -0.3 is 10.6 Å². The SMILES string of the molecule is CC(C)Sc1ccc(NC2CNC(C)(C)C2)cc1. The van der Waals surface area contributed by atoms with Crippen LogP contribution in [0.2, 0.25) is 0 Å². The molecule has 0 spiro atoms. The molecule has 0 radical (unpaired) electrons. The Balaban J connectivity index is 1.91. The van der Waals surface area contributed by atoms with Gasteiger partial charge in [0.2, 0.25) is 0 Å². The first kappa shape index (κ1) is 13.8. The van der Waals surface area contributed by atoms with Gasteiger partial charge in [-0.3, -0.25) is 0 Å². The van der Waals surface area contributed by atoms with E-state index in [-0.39, 0.29) is 5.54 Å². The van der Waals surface area contributed by atoms with Crippen LogP contribution in [0.25, 0.3) is 0 Å². The molecule has 1 fully saturated rings. The highest BCUT2D eigenvalue weighted by atomic mass is 32.2. The number of rotatable bonds is 4. The predicted octanol–water partition coefficient (Wildman–Crippen LogP) is 3.74. The lowest BCUT2D eigenvalue weighted by atomic mass is 10.0. The van der Waals surface area contributed by atoms with Crippen LogP contribution in [-0.4, -0.2) is 23.4 Å². The maximum absolute atomic E-state index is 3.61. The topological polar surface area (TPSA) is 24.1 Å². The zero-order valence-corrected chi connectivity index (χ0v) is 12.6. The van der Waals surface area contributed by atoms with Crippen molar-refractivity contribution in [2.45, 2.75) is 55.8 Å². The predicted molar refractivity (Wildman–Crippen MR) is 81.5 cm³/mol. The Kier molecular flexibility index (Phi) is 4.23. The molecule has 0 bridgehead atoms. The highest BCUT2D eigenvalue weighted by molar-refractivity contribution is 7.99. The third-order valence-electron chi connectivity index (χ3n) is 3.18. The largest absolute Gasteiger partial charge is 0.381 e. The van der Waals surface area contributed by atoms with Crippen molar-refractivity contribution in [1.82, 2.24) is 5.32 Å². The summed E-state index contributed by atoms with van der Waals surface area (Å²) in [6.45, 7) is 10.0. The molecular weight excluding hydrogens is 240 g/mol. The van der Waals surface area contributed by atoms with E-state index < -0.39 is 0 Å². The van der Waals surface area contributed by atoms with Crippen molar-refractivity contribution in [1.29, 1.82) is 0 Å². The first-order chi connectivity index (χ1) is 8.44. The lowest BCUT2D eigenvalue weighted by Crippen LogP contribution is -2.31. The van der Waals surface area contributed by atoms with Gasteiger partial charge >= 0.3 is 0 Å². The van der Waals surface area contributed by atoms with E-state index in [1.807, 2.05) is 11.8 Å². The van der Waals surface area contributed by atoms with E-state index in [0.29, 0.717) is 11.3 Å². The first-order valence-electron chi connectivity index (χ1n) is 6.73. The van der Waals surface area contributed by atoms with Gasteiger partial charge in [0.15, 0.2) is 0 Å². The average Bonchev–Trinajstić information content (AvgIpc) is 2.60. The second-order valence-corrected chi connectivity index (χ2v) is 7.65. The average molecular weight is 264 g/mol. The van der Waals surface area contributed by atoms with Crippen molar-refractivity contribution in [3.05, 3.63) is 24.3 Å². The molecule has 1 aliphatic rings. The molecule has 1 atom stereocenters. The molecule has 2 N–H and O–H groups in total. The highest BCUT2D eigenvalue weighted by Crippen LogP contribution is 2.26. The maximum atomic E-state index is 3.61. The quantitative estimate of drug-likeness (QED) is 0.810. The summed E-state index contributed by atoms with van der Waals surface area (Å²) in [5.74, 6) is 0. The van der Waals surface area contributed by atoms with Crippen LogP contribution in [0.5, 0.6) is 0 Å². The van der Waals surface area contributed by atoms with Gasteiger partial charge in [-0.05, 0) is 44.5 Å². The van der Waals surface area contributed by atoms with Crippen molar-refractivity contribution in [3.63, 3.8) is 0 Å². The summed E-state index contributed by atoms with van der Waals surface area (Å²) < 4.78 is 0. The molecule has 1 aliphatic heterocycles. The Labute approximate surface area is 115 Å². The van der Waals surface area contributed by atoms with E-state index in [4.69, 9.17) is 0 Å². The van der Waals surface area contributed by atoms with Gasteiger partial charge in [-0.2, -0.15) is 0 Å². The molecular formula is C15H24N2S. The summed E-state index contributed by atoms with van der Waals surface area (Å²) in [5.41, 5.74) is 1.50. The van der Waals surface area contributed by atoms with E-state index in [9.17, 15) is 0 Å². The molecule has 0 saturated carbocycles. The number of hydrogen-bond acceptors (Lipinski definition) is 3. The molecule has 2 rings (SSSR count). The zero-order chi connectivity index (χ0) is 13.2. The van der Waals surface area contributed by atoms with Gasteiger partial charge in [-0.25, -0.2) is 0 Å². The van der Waals surface area contributed by atoms with Crippen LogP contribution < -0.4 is 10.6 Å². The highest BCUT2D eigenvalue weighted by Gasteiger charge is 2.29. The molecule has 18 heavy (non-hydrogen) atoms. The minimum absolute atomic E-state index is 0.269. The van der Waals surface area contributed by atoms with E-state index in [0.717, 1.165) is 6.54 Å². The molecule has 0 aromatic heterocycles. The molecule has 0 aliphatic carbocycles. The van der Waals surface area contributed by atoms with Crippen LogP contribution in [0, 0.1) is 0 Å². The molecule has 100 valence electrons. The zero-order valence-electron chi connectivity index (χ0n) is 11.8. The van der Waals surface area contributed by atoms with E-state index in [1.54, 1.807) is 0 Å². The van der Waals surface area contributed by atoms with Crippen LogP contribution in [0.3, 0.4) is 0 Å². The molecule has 1 aromatic carbocycles. The molecule has 1 heterocycles. The summed E-state index contributed by atoms with van der Waals surface area (Å²) >= 11 is 1.91. The summed E-state index contributed by atoms with van der Waals surface area (Å²) in [7, 11) is 0. The Bertz CT molecular complexity index is 384. The third-order valence-corrected chi connectivity index (χ3v) is 4.20. The fourth-order valence-corrected chi connectivity index (χ4v) is 3.24. The normalized spacial score (nSPS) is 22.4. The van der Waals surface area contributed by atoms with Gasteiger partial charge in [0.25, 0.3) is 0 Å². The lowest BCUT2D eigenvalue weighted by Gasteiger charge is -2.18. The maximum Gasteiger partial charge on any atom is 0.0403 e. The molecule has 2 nitrogen and oxygen atoms in total. The summed E-state index contributed by atoms with van der Waals surface area (Å²) in [4.78, 5) is 1.35. The summed E-state index contributed by atoms with van der Waals surface area (Å²) in [5, 5.41) is 7.78. The van der Waals surface area contributed by atoms with Gasteiger partial charge in [0, 0.05) is 34.0 Å². The van der Waals surface area contributed by atoms with Crippen LogP contribution >= 0.6 is 11.8 Å². The van der Waals surface area contributed by atoms with Gasteiger partial charge in [0.1, 0.15) is 0 Å². The Hall–Kier alpha value is -0.670. The second-order valence-electron chi connectivity index (χ2n) is 6.00. The van der Waals surface area contributed by atoms with Gasteiger partial charge in [-0.15, -0.1) is 11.8 Å². The minimum Gasteiger partial charge on any atom is -0.381 e. The van der Waals surface area contributed by atoms with Gasteiger partial charge in [0.05, 0.1) is 0 Å². The van der Waals surface area contributed by atoms with E-state index >= 15 is 0 Å². The van der Waals surface area contributed by atoms with Crippen molar-refractivity contribution in [2.75, 3.05) is 11.9 Å². The fraction of sp³-hybridized carbons (Fsp3) is 0.600. The van der Waals surface area contributed by atoms with Crippen LogP contribution in [-0.2, 0) is 0 Å². The molecule has 3 heteroatoms. The summed E-state index contributed by atoms with van der Waals surface area (Å²) in [6, 6.07) is 9.34. The number of anilines is 1. The lowest BCUT2D eigenvalue weighted by molar-refractivity contribution is 0.457. The standard InChI is InChI=1S/C15H24N2S/c1-11(2)18-14-7-5-12(6-8-14)17-13-9-15(3,4)16-10-13/h5-8,11,13,16-17H,9-10H2,1-4H3. The van der Waals surface area contributed by atoms with Crippen molar-refractivity contribution in [2.24, 2.45) is 0 Å². The van der Waals surface area contributed by atoms with Crippen molar-refractivity contribution in [3.8, 4) is 0 Å². The van der Waals surface area contributed by atoms with Crippen LogP contribution in [0.4, 0.5) is 5.69 Å².